The van der Waals surface area contributed by atoms with Crippen molar-refractivity contribution in [3.8, 4) is 0 Å². The van der Waals surface area contributed by atoms with E-state index in [9.17, 15) is 9.59 Å². The van der Waals surface area contributed by atoms with Crippen LogP contribution in [0.15, 0.2) is 0 Å². The fourth-order valence-electron chi connectivity index (χ4n) is 1.57. The number of carboxylic acids is 1. The van der Waals surface area contributed by atoms with E-state index in [2.05, 4.69) is 0 Å². The van der Waals surface area contributed by atoms with Crippen LogP contribution in [0.3, 0.4) is 0 Å². The van der Waals surface area contributed by atoms with Crippen molar-refractivity contribution in [2.45, 2.75) is 60.0 Å². The Kier molecular flexibility index (Phi) is 31.7. The Morgan fingerprint density at radius 1 is 0.731 bits per heavy atom. The van der Waals surface area contributed by atoms with Crippen LogP contribution in [0, 0.1) is 0 Å². The Balaban J connectivity index is -0.000000175. The molecular formula is C16H33NaO9. The van der Waals surface area contributed by atoms with Gasteiger partial charge in [-0.25, -0.2) is 0 Å². The molecule has 0 atom stereocenters. The molecule has 0 saturated carbocycles. The number of esters is 1. The third-order valence-electron chi connectivity index (χ3n) is 2.39. The van der Waals surface area contributed by atoms with Gasteiger partial charge in [-0.05, 0) is 34.6 Å². The molecule has 10 heteroatoms. The number of hydrogen-bond donors (Lipinski definition) is 1. The second-order valence-electron chi connectivity index (χ2n) is 4.29. The summed E-state index contributed by atoms with van der Waals surface area (Å²) in [5, 5.41) is 8.38. The van der Waals surface area contributed by atoms with Crippen LogP contribution < -0.4 is 29.6 Å². The molecule has 0 rings (SSSR count). The molecule has 9 nitrogen and oxygen atoms in total. The average molecular weight is 392 g/mol. The van der Waals surface area contributed by atoms with Crippen LogP contribution in [0.4, 0.5) is 0 Å². The van der Waals surface area contributed by atoms with Crippen molar-refractivity contribution in [3.63, 3.8) is 0 Å². The average Bonchev–Trinajstić information content (AvgIpc) is 2.48. The molecule has 2 N–H and O–H groups in total. The first-order chi connectivity index (χ1) is 11.4. The molecule has 0 fully saturated rings. The topological polar surface area (TPSA) is 131 Å². The number of hydrogen-bond acceptors (Lipinski definition) is 8. The predicted molar refractivity (Wildman–Crippen MR) is 89.5 cm³/mol. The Hall–Kier alpha value is -0.260. The van der Waals surface area contributed by atoms with Crippen LogP contribution >= 0.6 is 0 Å². The van der Waals surface area contributed by atoms with Gasteiger partial charge < -0.3 is 34.3 Å². The normalized spacial score (nSPS) is 9.65. The quantitative estimate of drug-likeness (QED) is 0.239. The maximum absolute atomic E-state index is 11.0. The van der Waals surface area contributed by atoms with Crippen LogP contribution in [0.1, 0.15) is 47.5 Å². The van der Waals surface area contributed by atoms with Gasteiger partial charge in [0.1, 0.15) is 0 Å². The number of carboxylic acid groups (broad SMARTS) is 1. The fraction of sp³-hybridized carbons (Fsp3) is 0.875. The zero-order valence-electron chi connectivity index (χ0n) is 16.9. The van der Waals surface area contributed by atoms with Crippen molar-refractivity contribution in [1.29, 1.82) is 0 Å². The Bertz CT molecular complexity index is 304. The largest absolute Gasteiger partial charge is 1.00 e. The van der Waals surface area contributed by atoms with Crippen LogP contribution in [0.2, 0.25) is 0 Å². The molecule has 0 radical (unpaired) electrons. The van der Waals surface area contributed by atoms with Crippen molar-refractivity contribution >= 4 is 11.9 Å². The number of ether oxygens (including phenoxy) is 5. The number of carbonyl (C=O) groups is 2. The molecule has 26 heavy (non-hydrogen) atoms. The maximum Gasteiger partial charge on any atom is 1.00 e. The van der Waals surface area contributed by atoms with E-state index in [1.165, 1.54) is 0 Å². The minimum absolute atomic E-state index is 0. The summed E-state index contributed by atoms with van der Waals surface area (Å²) in [6.07, 6.45) is -0.992. The van der Waals surface area contributed by atoms with E-state index in [1.807, 2.05) is 13.8 Å². The monoisotopic (exact) mass is 392 g/mol. The second kappa shape index (κ2) is 24.7. The summed E-state index contributed by atoms with van der Waals surface area (Å²) < 4.78 is 25.1. The van der Waals surface area contributed by atoms with Crippen molar-refractivity contribution in [2.24, 2.45) is 0 Å². The summed E-state index contributed by atoms with van der Waals surface area (Å²) in [5.74, 6) is -1.19. The van der Waals surface area contributed by atoms with E-state index in [1.54, 1.807) is 20.8 Å². The molecule has 0 saturated heterocycles. The Morgan fingerprint density at radius 3 is 1.35 bits per heavy atom. The summed E-state index contributed by atoms with van der Waals surface area (Å²) in [5.41, 5.74) is 0. The molecule has 0 amide bonds. The van der Waals surface area contributed by atoms with Gasteiger partial charge in [0.2, 0.25) is 0 Å². The first kappa shape index (κ1) is 33.3. The predicted octanol–water partition coefficient (Wildman–Crippen LogP) is -0.974. The van der Waals surface area contributed by atoms with E-state index < -0.39 is 18.5 Å². The standard InChI is InChI=1S/C9H18O4.C7H14O4.Na.H2O/c1-4-11-8(10)7-9(12-5-2)13-6-3;1-3-10-7(11-4-2)5-6(8)9;;/h9H,4-7H2,1-3H3;7H,3-5H2,1-2H3,(H,8,9);;1H2/q;;+1;/p-1. The fourth-order valence-corrected chi connectivity index (χ4v) is 1.57. The molecular weight excluding hydrogens is 359 g/mol. The van der Waals surface area contributed by atoms with Gasteiger partial charge >= 0.3 is 41.5 Å². The van der Waals surface area contributed by atoms with Gasteiger partial charge in [-0.15, -0.1) is 0 Å². The second-order valence-corrected chi connectivity index (χ2v) is 4.29. The summed E-state index contributed by atoms with van der Waals surface area (Å²) in [4.78, 5) is 21.2. The minimum Gasteiger partial charge on any atom is -0.870 e. The molecule has 152 valence electrons. The van der Waals surface area contributed by atoms with E-state index in [0.717, 1.165) is 0 Å². The van der Waals surface area contributed by atoms with Gasteiger partial charge in [-0.2, -0.15) is 0 Å². The van der Waals surface area contributed by atoms with Gasteiger partial charge in [0, 0.05) is 26.4 Å². The molecule has 0 aliphatic carbocycles. The summed E-state index contributed by atoms with van der Waals surface area (Å²) in [7, 11) is 0. The molecule has 0 aliphatic rings. The third kappa shape index (κ3) is 23.7. The Labute approximate surface area is 178 Å². The maximum atomic E-state index is 11.0. The van der Waals surface area contributed by atoms with E-state index in [-0.39, 0.29) is 53.8 Å². The molecule has 0 unspecified atom stereocenters. The van der Waals surface area contributed by atoms with Gasteiger partial charge in [0.15, 0.2) is 12.6 Å². The third-order valence-corrected chi connectivity index (χ3v) is 2.39. The van der Waals surface area contributed by atoms with E-state index in [0.29, 0.717) is 33.0 Å². The van der Waals surface area contributed by atoms with Crippen LogP contribution in [0.25, 0.3) is 0 Å². The van der Waals surface area contributed by atoms with Crippen molar-refractivity contribution in [2.75, 3.05) is 33.0 Å². The smallest absolute Gasteiger partial charge is 0.870 e. The van der Waals surface area contributed by atoms with Crippen molar-refractivity contribution in [1.82, 2.24) is 0 Å². The van der Waals surface area contributed by atoms with Crippen LogP contribution in [0.5, 0.6) is 0 Å². The van der Waals surface area contributed by atoms with Gasteiger partial charge in [-0.3, -0.25) is 9.59 Å². The van der Waals surface area contributed by atoms with E-state index >= 15 is 0 Å². The zero-order chi connectivity index (χ0) is 18.8. The molecule has 0 aromatic carbocycles. The molecule has 0 aliphatic heterocycles. The SMILES string of the molecule is CCOC(=O)CC(OCC)OCC.CCOC(CC(=O)O)OCC.[Na+].[OH-]. The van der Waals surface area contributed by atoms with Crippen LogP contribution in [-0.4, -0.2) is 68.1 Å². The minimum atomic E-state index is -0.906. The first-order valence-corrected chi connectivity index (χ1v) is 8.28. The van der Waals surface area contributed by atoms with Gasteiger partial charge in [-0.1, -0.05) is 0 Å². The number of aliphatic carboxylic acids is 1. The molecule has 0 aromatic heterocycles. The summed E-state index contributed by atoms with van der Waals surface area (Å²) in [6, 6.07) is 0. The summed E-state index contributed by atoms with van der Waals surface area (Å²) >= 11 is 0. The zero-order valence-corrected chi connectivity index (χ0v) is 18.9. The molecule has 0 bridgehead atoms. The number of rotatable bonds is 13. The van der Waals surface area contributed by atoms with Gasteiger partial charge in [0.25, 0.3) is 0 Å². The molecule has 0 heterocycles. The molecule has 0 spiro atoms. The summed E-state index contributed by atoms with van der Waals surface area (Å²) in [6.45, 7) is 11.5. The van der Waals surface area contributed by atoms with Crippen molar-refractivity contribution in [3.05, 3.63) is 0 Å². The first-order valence-electron chi connectivity index (χ1n) is 8.28. The van der Waals surface area contributed by atoms with Gasteiger partial charge in [0.05, 0.1) is 19.4 Å². The van der Waals surface area contributed by atoms with Crippen LogP contribution in [-0.2, 0) is 33.3 Å². The van der Waals surface area contributed by atoms with Crippen molar-refractivity contribution < 1.29 is 73.4 Å². The molecule has 0 aromatic rings. The van der Waals surface area contributed by atoms with E-state index in [4.69, 9.17) is 28.8 Å². The number of carbonyl (C=O) groups excluding carboxylic acids is 1. The Morgan fingerprint density at radius 2 is 1.08 bits per heavy atom.